The molecule has 0 heterocycles. The molecule has 1 N–H and O–H groups in total. The van der Waals surface area contributed by atoms with E-state index >= 15 is 0 Å². The molecule has 0 saturated carbocycles. The van der Waals surface area contributed by atoms with E-state index in [2.05, 4.69) is 33.0 Å². The highest BCUT2D eigenvalue weighted by atomic mass is 14.9. The van der Waals surface area contributed by atoms with Crippen molar-refractivity contribution in [2.45, 2.75) is 72.8 Å². The first-order valence-electron chi connectivity index (χ1n) is 5.93. The van der Waals surface area contributed by atoms with E-state index in [1.54, 1.807) is 0 Å². The summed E-state index contributed by atoms with van der Waals surface area (Å²) >= 11 is 0. The molecule has 0 fully saturated rings. The van der Waals surface area contributed by atoms with Gasteiger partial charge in [-0.1, -0.05) is 47.5 Å². The molecule has 82 valence electrons. The van der Waals surface area contributed by atoms with E-state index in [0.717, 1.165) is 6.54 Å². The number of rotatable bonds is 6. The topological polar surface area (TPSA) is 12.0 Å². The second-order valence-electron chi connectivity index (χ2n) is 3.55. The van der Waals surface area contributed by atoms with Gasteiger partial charge in [-0.2, -0.15) is 0 Å². The minimum atomic E-state index is 0.394. The van der Waals surface area contributed by atoms with Crippen molar-refractivity contribution in [1.29, 1.82) is 0 Å². The molecule has 1 atom stereocenters. The third-order valence-corrected chi connectivity index (χ3v) is 2.47. The molecule has 0 bridgehead atoms. The highest BCUT2D eigenvalue weighted by Crippen LogP contribution is 2.16. The van der Waals surface area contributed by atoms with Gasteiger partial charge in [0.25, 0.3) is 0 Å². The summed E-state index contributed by atoms with van der Waals surface area (Å²) in [5.41, 5.74) is 0.394. The van der Waals surface area contributed by atoms with Crippen molar-refractivity contribution >= 4 is 0 Å². The highest BCUT2D eigenvalue weighted by Gasteiger charge is 2.18. The van der Waals surface area contributed by atoms with Crippen LogP contribution in [0.3, 0.4) is 0 Å². The van der Waals surface area contributed by atoms with Crippen LogP contribution in [0.1, 0.15) is 67.2 Å². The standard InChI is InChI=1S/C10H23N.C2H6/c1-5-8-9-10(4,6-2)11-7-3;1-2/h11H,5-9H2,1-4H3;1-2H3/t10-;/m0./s1. The Morgan fingerprint density at radius 1 is 1.08 bits per heavy atom. The van der Waals surface area contributed by atoms with Crippen molar-refractivity contribution in [2.75, 3.05) is 6.54 Å². The summed E-state index contributed by atoms with van der Waals surface area (Å²) in [5, 5.41) is 3.54. The van der Waals surface area contributed by atoms with Gasteiger partial charge in [-0.05, 0) is 26.3 Å². The van der Waals surface area contributed by atoms with E-state index in [9.17, 15) is 0 Å². The van der Waals surface area contributed by atoms with Crippen molar-refractivity contribution in [2.24, 2.45) is 0 Å². The molecule has 0 spiro atoms. The fourth-order valence-corrected chi connectivity index (χ4v) is 1.38. The largest absolute Gasteiger partial charge is 0.312 e. The zero-order valence-corrected chi connectivity index (χ0v) is 10.5. The minimum absolute atomic E-state index is 0.394. The van der Waals surface area contributed by atoms with E-state index in [1.165, 1.54) is 25.7 Å². The molecule has 0 aromatic carbocycles. The van der Waals surface area contributed by atoms with Crippen LogP contribution in [0, 0.1) is 0 Å². The zero-order chi connectivity index (χ0) is 10.7. The van der Waals surface area contributed by atoms with Gasteiger partial charge in [0, 0.05) is 5.54 Å². The second-order valence-corrected chi connectivity index (χ2v) is 3.55. The lowest BCUT2D eigenvalue weighted by Crippen LogP contribution is -2.41. The number of unbranched alkanes of at least 4 members (excludes halogenated alkanes) is 1. The summed E-state index contributed by atoms with van der Waals surface area (Å²) in [5.74, 6) is 0. The van der Waals surface area contributed by atoms with Gasteiger partial charge in [0.15, 0.2) is 0 Å². The van der Waals surface area contributed by atoms with Crippen molar-refractivity contribution in [3.05, 3.63) is 0 Å². The number of hydrogen-bond donors (Lipinski definition) is 1. The summed E-state index contributed by atoms with van der Waals surface area (Å²) in [6, 6.07) is 0. The first kappa shape index (κ1) is 15.4. The summed E-state index contributed by atoms with van der Waals surface area (Å²) < 4.78 is 0. The maximum atomic E-state index is 3.54. The summed E-state index contributed by atoms with van der Waals surface area (Å²) in [4.78, 5) is 0. The average Bonchev–Trinajstić information content (AvgIpc) is 2.18. The Kier molecular flexibility index (Phi) is 11.9. The van der Waals surface area contributed by atoms with Crippen LogP contribution in [0.4, 0.5) is 0 Å². The maximum absolute atomic E-state index is 3.54. The highest BCUT2D eigenvalue weighted by molar-refractivity contribution is 4.80. The Hall–Kier alpha value is -0.0400. The van der Waals surface area contributed by atoms with E-state index in [0.29, 0.717) is 5.54 Å². The molecule has 1 nitrogen and oxygen atoms in total. The Labute approximate surface area is 85.3 Å². The Morgan fingerprint density at radius 2 is 1.62 bits per heavy atom. The smallest absolute Gasteiger partial charge is 0.0150 e. The molecule has 0 amide bonds. The third-order valence-electron chi connectivity index (χ3n) is 2.47. The van der Waals surface area contributed by atoms with E-state index in [4.69, 9.17) is 0 Å². The fourth-order valence-electron chi connectivity index (χ4n) is 1.38. The number of nitrogens with one attached hydrogen (secondary N) is 1. The molecule has 0 aliphatic heterocycles. The lowest BCUT2D eigenvalue weighted by molar-refractivity contribution is 0.318. The lowest BCUT2D eigenvalue weighted by atomic mass is 9.92. The average molecular weight is 187 g/mol. The van der Waals surface area contributed by atoms with Crippen LogP contribution >= 0.6 is 0 Å². The van der Waals surface area contributed by atoms with Gasteiger partial charge in [-0.15, -0.1) is 0 Å². The van der Waals surface area contributed by atoms with Crippen LogP contribution in [0.5, 0.6) is 0 Å². The molecule has 13 heavy (non-hydrogen) atoms. The SMILES string of the molecule is CC.CCCC[C@](C)(CC)NCC. The molecular weight excluding hydrogens is 158 g/mol. The monoisotopic (exact) mass is 187 g/mol. The lowest BCUT2D eigenvalue weighted by Gasteiger charge is -2.29. The third kappa shape index (κ3) is 8.29. The van der Waals surface area contributed by atoms with Crippen molar-refractivity contribution < 1.29 is 0 Å². The first-order valence-corrected chi connectivity index (χ1v) is 5.93. The molecular formula is C12H29N. The van der Waals surface area contributed by atoms with Gasteiger partial charge in [0.2, 0.25) is 0 Å². The molecule has 1 heteroatoms. The van der Waals surface area contributed by atoms with Crippen LogP contribution in [-0.2, 0) is 0 Å². The Bertz CT molecular complexity index is 91.1. The van der Waals surface area contributed by atoms with E-state index in [1.807, 2.05) is 13.8 Å². The fraction of sp³-hybridized carbons (Fsp3) is 1.00. The van der Waals surface area contributed by atoms with Crippen LogP contribution in [0.25, 0.3) is 0 Å². The van der Waals surface area contributed by atoms with Crippen molar-refractivity contribution in [3.8, 4) is 0 Å². The quantitative estimate of drug-likeness (QED) is 0.663. The van der Waals surface area contributed by atoms with Gasteiger partial charge >= 0.3 is 0 Å². The second kappa shape index (κ2) is 10.0. The Morgan fingerprint density at radius 3 is 1.92 bits per heavy atom. The first-order chi connectivity index (χ1) is 6.18. The van der Waals surface area contributed by atoms with Gasteiger partial charge < -0.3 is 5.32 Å². The van der Waals surface area contributed by atoms with Gasteiger partial charge in [-0.3, -0.25) is 0 Å². The van der Waals surface area contributed by atoms with Crippen LogP contribution < -0.4 is 5.32 Å². The number of hydrogen-bond acceptors (Lipinski definition) is 1. The van der Waals surface area contributed by atoms with Gasteiger partial charge in [0.1, 0.15) is 0 Å². The maximum Gasteiger partial charge on any atom is 0.0150 e. The molecule has 0 aromatic rings. The van der Waals surface area contributed by atoms with E-state index < -0.39 is 0 Å². The zero-order valence-electron chi connectivity index (χ0n) is 10.5. The molecule has 0 aliphatic carbocycles. The van der Waals surface area contributed by atoms with Crippen LogP contribution in [-0.4, -0.2) is 12.1 Å². The van der Waals surface area contributed by atoms with Crippen molar-refractivity contribution in [3.63, 3.8) is 0 Å². The van der Waals surface area contributed by atoms with Crippen molar-refractivity contribution in [1.82, 2.24) is 5.32 Å². The molecule has 0 saturated heterocycles. The molecule has 0 unspecified atom stereocenters. The normalized spacial score (nSPS) is 14.3. The molecule has 0 aromatic heterocycles. The summed E-state index contributed by atoms with van der Waals surface area (Å²) in [6.07, 6.45) is 5.20. The molecule has 0 aliphatic rings. The Balaban J connectivity index is 0. The predicted octanol–water partition coefficient (Wildman–Crippen LogP) is 3.98. The van der Waals surface area contributed by atoms with Gasteiger partial charge in [-0.25, -0.2) is 0 Å². The molecule has 0 rings (SSSR count). The van der Waals surface area contributed by atoms with E-state index in [-0.39, 0.29) is 0 Å². The van der Waals surface area contributed by atoms with Crippen LogP contribution in [0.15, 0.2) is 0 Å². The van der Waals surface area contributed by atoms with Gasteiger partial charge in [0.05, 0.1) is 0 Å². The summed E-state index contributed by atoms with van der Waals surface area (Å²) in [7, 11) is 0. The summed E-state index contributed by atoms with van der Waals surface area (Å²) in [6.45, 7) is 14.1. The predicted molar refractivity (Wildman–Crippen MR) is 63.2 cm³/mol. The van der Waals surface area contributed by atoms with Crippen LogP contribution in [0.2, 0.25) is 0 Å². The molecule has 0 radical (unpaired) electrons. The minimum Gasteiger partial charge on any atom is -0.312 e.